The van der Waals surface area contributed by atoms with Gasteiger partial charge in [0.2, 0.25) is 23.0 Å². The van der Waals surface area contributed by atoms with Gasteiger partial charge in [-0.05, 0) is 102 Å². The van der Waals surface area contributed by atoms with Crippen LogP contribution < -0.4 is 30.3 Å². The number of likely N-dealkylation sites (N-methyl/N-ethyl adjacent to an activating group) is 2. The topological polar surface area (TPSA) is 341 Å². The molecule has 103 heavy (non-hydrogen) atoms. The fraction of sp³-hybridized carbons (Fsp3) is 0.278. The van der Waals surface area contributed by atoms with Crippen LogP contribution in [0.4, 0.5) is 28.9 Å². The quantitative estimate of drug-likeness (QED) is 0.0362. The molecule has 31 heteroatoms. The number of esters is 3. The van der Waals surface area contributed by atoms with Gasteiger partial charge < -0.3 is 49.6 Å². The van der Waals surface area contributed by atoms with Crippen molar-refractivity contribution < 1.29 is 79.9 Å². The molecule has 2 aliphatic rings. The monoisotopic (exact) mass is 1420 g/mol. The van der Waals surface area contributed by atoms with Gasteiger partial charge in [0.15, 0.2) is 34.7 Å². The van der Waals surface area contributed by atoms with Crippen LogP contribution in [0.15, 0.2) is 146 Å². The van der Waals surface area contributed by atoms with Gasteiger partial charge in [0, 0.05) is 19.8 Å². The Balaban J connectivity index is 0.000000180. The molecule has 10 aromatic rings. The van der Waals surface area contributed by atoms with Gasteiger partial charge in [0.1, 0.15) is 36.8 Å². The first-order valence-electron chi connectivity index (χ1n) is 32.1. The van der Waals surface area contributed by atoms with Gasteiger partial charge in [-0.2, -0.15) is 25.5 Å². The van der Waals surface area contributed by atoms with Crippen LogP contribution in [0.3, 0.4) is 0 Å². The number of aromatic amines is 2. The average molecular weight is 1420 g/mol. The van der Waals surface area contributed by atoms with Crippen molar-refractivity contribution in [3.63, 3.8) is 0 Å². The van der Waals surface area contributed by atoms with E-state index >= 15 is 0 Å². The zero-order valence-electron chi connectivity index (χ0n) is 58.1. The number of ether oxygens (including phenoxy) is 5. The van der Waals surface area contributed by atoms with E-state index in [1.54, 1.807) is 79.0 Å². The molecule has 2 atom stereocenters. The molecule has 0 saturated carbocycles. The lowest BCUT2D eigenvalue weighted by atomic mass is 10.2. The molecule has 3 amide bonds. The second-order valence-electron chi connectivity index (χ2n) is 22.6. The van der Waals surface area contributed by atoms with E-state index in [9.17, 15) is 51.1 Å². The number of aromatic carboxylic acids is 1. The number of hydrogen-bond acceptors (Lipinski definition) is 18. The summed E-state index contributed by atoms with van der Waals surface area (Å²) in [5, 5.41) is 35.4. The van der Waals surface area contributed by atoms with Crippen LogP contribution in [-0.2, 0) is 43.4 Å². The molecule has 6 N–H and O–H groups in total. The number of carbonyl (C=O) groups is 7. The van der Waals surface area contributed by atoms with Crippen molar-refractivity contribution in [2.24, 2.45) is 5.73 Å². The van der Waals surface area contributed by atoms with Crippen molar-refractivity contribution in [2.75, 3.05) is 56.9 Å². The van der Waals surface area contributed by atoms with Gasteiger partial charge in [-0.3, -0.25) is 38.6 Å². The number of hydrogen-bond donors (Lipinski definition) is 5. The fourth-order valence-corrected chi connectivity index (χ4v) is 9.65. The third-order valence-corrected chi connectivity index (χ3v) is 15.2. The number of nitrogens with two attached hydrogens (primary N) is 1. The summed E-state index contributed by atoms with van der Waals surface area (Å²) in [6, 6.07) is 42.9. The van der Waals surface area contributed by atoms with Crippen LogP contribution >= 0.6 is 0 Å². The number of anilines is 2. The normalized spacial score (nSPS) is 13.3. The molecule has 0 unspecified atom stereocenters. The molecular formula is C72H78F4N14O13. The predicted octanol–water partition coefficient (Wildman–Crippen LogP) is 9.46. The number of rotatable bonds is 15. The van der Waals surface area contributed by atoms with Crippen molar-refractivity contribution in [3.05, 3.63) is 242 Å². The minimum atomic E-state index is -1.35. The van der Waals surface area contributed by atoms with Gasteiger partial charge in [-0.25, -0.2) is 36.7 Å². The number of carboxylic acids is 1. The number of nitrogens with one attached hydrogen (secondary N) is 3. The van der Waals surface area contributed by atoms with E-state index < -0.39 is 64.9 Å². The molecule has 0 saturated heterocycles. The predicted molar refractivity (Wildman–Crippen MR) is 369 cm³/mol. The van der Waals surface area contributed by atoms with Crippen LogP contribution in [0.5, 0.6) is 11.5 Å². The fourth-order valence-electron chi connectivity index (χ4n) is 9.65. The molecule has 0 fully saturated rings. The van der Waals surface area contributed by atoms with E-state index in [0.717, 1.165) is 28.1 Å². The smallest absolute Gasteiger partial charge is 0.361 e. The number of para-hydroxylation sites is 4. The number of benzene rings is 5. The average Bonchev–Trinajstić information content (AvgIpc) is 1.69. The molecule has 542 valence electrons. The summed E-state index contributed by atoms with van der Waals surface area (Å²) in [5.41, 5.74) is 10.7. The van der Waals surface area contributed by atoms with Crippen LogP contribution in [0.25, 0.3) is 0 Å². The Kier molecular flexibility index (Phi) is 28.2. The molecule has 7 heterocycles. The standard InChI is InChI=1S/C22H21FN4O3.C14H15FN2O2.C12H11FN2O2.C10H12N2O2.C7H9FN2O2.C7H10N2O2/c1-14-19(23)20(25-27(14)12-15-8-4-3-5-9-15)21(28)24-16-13-30-18-11-7-6-10-17(18)26(2)22(16)29;1-3-19-14(18)13-12(15)10(2)17(16-13)9-11-7-5-4-6-8-11;1-8-10(13)11(12(16)17)14-15(8)7-9-5-3-2-4-6-9;1-12-8-4-2-3-5-9(8)14-6-7(11)10(12)13;1-3-12-7(11)6-5(8)4(2)9-10-6;1-3-11-7(10)6-4-5(2)8-9-6/h3-11,16H,12-13H2,1-2H3,(H,24,28);4-8H,3,9H2,1-2H3;2-6H,7H2,1H3,(H,16,17);2-5,7H,6,11H2,1H3;3H2,1-2H3,(H,9,10);4H,3H2,1-2H3,(H,8,9)/t16-;;;7-;;/m0..0../s1. The molecule has 5 aromatic carbocycles. The highest BCUT2D eigenvalue weighted by atomic mass is 19.1. The molecule has 5 aromatic heterocycles. The third kappa shape index (κ3) is 20.7. The van der Waals surface area contributed by atoms with Gasteiger partial charge in [0.25, 0.3) is 11.8 Å². The number of fused-ring (bicyclic) bond motifs is 2. The van der Waals surface area contributed by atoms with E-state index in [1.165, 1.54) is 37.7 Å². The van der Waals surface area contributed by atoms with Crippen LogP contribution in [0.1, 0.15) is 118 Å². The molecular weight excluding hydrogens is 1340 g/mol. The Hall–Kier alpha value is -12.3. The van der Waals surface area contributed by atoms with E-state index in [1.807, 2.05) is 122 Å². The van der Waals surface area contributed by atoms with Crippen molar-refractivity contribution in [3.8, 4) is 11.5 Å². The van der Waals surface area contributed by atoms with Gasteiger partial charge in [-0.1, -0.05) is 115 Å². The lowest BCUT2D eigenvalue weighted by molar-refractivity contribution is -0.121. The molecule has 12 rings (SSSR count). The number of amides is 3. The first-order chi connectivity index (χ1) is 49.3. The first-order valence-corrected chi connectivity index (χ1v) is 32.1. The van der Waals surface area contributed by atoms with Gasteiger partial charge >= 0.3 is 23.9 Å². The number of carbonyl (C=O) groups excluding carboxylic acids is 6. The summed E-state index contributed by atoms with van der Waals surface area (Å²) in [6.45, 7) is 15.1. The van der Waals surface area contributed by atoms with Crippen molar-refractivity contribution in [2.45, 2.75) is 87.1 Å². The van der Waals surface area contributed by atoms with E-state index in [2.05, 4.69) is 45.7 Å². The Morgan fingerprint density at radius 3 is 1.35 bits per heavy atom. The third-order valence-electron chi connectivity index (χ3n) is 15.2. The Labute approximate surface area is 589 Å². The molecule has 2 aliphatic heterocycles. The highest BCUT2D eigenvalue weighted by Gasteiger charge is 2.33. The van der Waals surface area contributed by atoms with E-state index in [0.29, 0.717) is 54.8 Å². The lowest BCUT2D eigenvalue weighted by Crippen LogP contribution is -2.49. The minimum absolute atomic E-state index is 0.0583. The summed E-state index contributed by atoms with van der Waals surface area (Å²) >= 11 is 0. The number of aromatic nitrogens is 10. The maximum atomic E-state index is 14.7. The summed E-state index contributed by atoms with van der Waals surface area (Å²) in [7, 11) is 3.31. The van der Waals surface area contributed by atoms with Crippen molar-refractivity contribution >= 4 is 53.0 Å². The summed E-state index contributed by atoms with van der Waals surface area (Å²) in [6.07, 6.45) is 0. The van der Waals surface area contributed by atoms with Gasteiger partial charge in [0.05, 0.1) is 73.6 Å². The van der Waals surface area contributed by atoms with E-state index in [4.69, 9.17) is 29.8 Å². The summed E-state index contributed by atoms with van der Waals surface area (Å²) in [5.74, 6) is -5.91. The molecule has 0 aliphatic carbocycles. The van der Waals surface area contributed by atoms with E-state index in [-0.39, 0.29) is 78.4 Å². The van der Waals surface area contributed by atoms with Gasteiger partial charge in [-0.15, -0.1) is 0 Å². The highest BCUT2D eigenvalue weighted by Crippen LogP contribution is 2.31. The van der Waals surface area contributed by atoms with Crippen LogP contribution in [-0.4, -0.2) is 156 Å². The Bertz CT molecular complexity index is 4540. The van der Waals surface area contributed by atoms with Crippen LogP contribution in [0.2, 0.25) is 0 Å². The number of H-pyrrole nitrogens is 2. The van der Waals surface area contributed by atoms with Crippen molar-refractivity contribution in [1.29, 1.82) is 0 Å². The summed E-state index contributed by atoms with van der Waals surface area (Å²) < 4.78 is 84.5. The van der Waals surface area contributed by atoms with Crippen molar-refractivity contribution in [1.82, 2.24) is 55.1 Å². The number of carboxylic acid groups (broad SMARTS) is 1. The zero-order chi connectivity index (χ0) is 75.0. The minimum Gasteiger partial charge on any atom is -0.489 e. The second kappa shape index (κ2) is 37.2. The molecule has 0 radical (unpaired) electrons. The zero-order valence-corrected chi connectivity index (χ0v) is 58.1. The van der Waals surface area contributed by atoms with Crippen LogP contribution in [0, 0.1) is 57.9 Å². The number of halogens is 4. The number of aryl methyl sites for hydroxylation is 2. The SMILES string of the molecule is CCOC(=O)c1cc(C)[nH]n1.CCOC(=O)c1n[nH]c(C)c1F.CCOC(=O)c1nn(Cc2ccccc2)c(C)c1F.CN1C(=O)[C@@H](N)COc2ccccc21.Cc1c(F)c(C(=O)N[C@H]2COc3ccccc3N(C)C2=O)nn1Cc1ccccc1.Cc1c(F)c(C(=O)O)nn1Cc1ccccc1. The maximum Gasteiger partial charge on any atom is 0.361 e. The summed E-state index contributed by atoms with van der Waals surface area (Å²) in [4.78, 5) is 84.3. The second-order valence-corrected chi connectivity index (χ2v) is 22.6. The molecule has 27 nitrogen and oxygen atoms in total. The Morgan fingerprint density at radius 2 is 0.922 bits per heavy atom. The first kappa shape index (κ1) is 78.1. The Morgan fingerprint density at radius 1 is 0.524 bits per heavy atom. The number of nitrogens with zero attached hydrogens (tertiary/aromatic N) is 10. The maximum absolute atomic E-state index is 14.7. The highest BCUT2D eigenvalue weighted by molar-refractivity contribution is 6.03. The molecule has 0 spiro atoms. The molecule has 0 bridgehead atoms. The largest absolute Gasteiger partial charge is 0.489 e. The lowest BCUT2D eigenvalue weighted by Gasteiger charge is -2.20.